The van der Waals surface area contributed by atoms with Crippen molar-refractivity contribution >= 4 is 5.97 Å². The summed E-state index contributed by atoms with van der Waals surface area (Å²) >= 11 is 0. The van der Waals surface area contributed by atoms with Crippen molar-refractivity contribution < 1.29 is 9.90 Å². The molecule has 0 radical (unpaired) electrons. The summed E-state index contributed by atoms with van der Waals surface area (Å²) in [6, 6.07) is 7.69. The molecule has 0 saturated carbocycles. The molecule has 102 valence electrons. The van der Waals surface area contributed by atoms with Crippen molar-refractivity contribution in [2.45, 2.75) is 25.7 Å². The summed E-state index contributed by atoms with van der Waals surface area (Å²) in [5, 5.41) is 9.29. The quantitative estimate of drug-likeness (QED) is 0.829. The van der Waals surface area contributed by atoms with E-state index in [1.807, 2.05) is 24.3 Å². The van der Waals surface area contributed by atoms with E-state index in [1.54, 1.807) is 0 Å². The lowest BCUT2D eigenvalue weighted by molar-refractivity contribution is 0.0688. The minimum Gasteiger partial charge on any atom is -0.477 e. The number of aromatic carboxylic acids is 1. The maximum Gasteiger partial charge on any atom is 0.352 e. The van der Waals surface area contributed by atoms with E-state index in [0.29, 0.717) is 17.7 Å². The number of carbonyl (C=O) groups is 1. The number of fused-ring (bicyclic) bond motifs is 3. The van der Waals surface area contributed by atoms with Gasteiger partial charge in [-0.1, -0.05) is 38.1 Å². The molecule has 1 aliphatic rings. The Kier molecular flexibility index (Phi) is 2.54. The topological polar surface area (TPSA) is 83.0 Å². The molecule has 3 rings (SSSR count). The van der Waals surface area contributed by atoms with Crippen molar-refractivity contribution in [2.75, 3.05) is 0 Å². The van der Waals surface area contributed by atoms with Crippen LogP contribution in [0.5, 0.6) is 0 Å². The predicted molar refractivity (Wildman–Crippen MR) is 74.0 cm³/mol. The fourth-order valence-electron chi connectivity index (χ4n) is 2.89. The summed E-state index contributed by atoms with van der Waals surface area (Å²) in [6.07, 6.45) is 0.532. The third-order valence-corrected chi connectivity index (χ3v) is 3.78. The Morgan fingerprint density at radius 3 is 2.75 bits per heavy atom. The molecule has 1 aliphatic carbocycles. The van der Waals surface area contributed by atoms with E-state index in [-0.39, 0.29) is 11.1 Å². The van der Waals surface area contributed by atoms with Gasteiger partial charge in [-0.2, -0.15) is 4.98 Å². The minimum atomic E-state index is -1.13. The Morgan fingerprint density at radius 2 is 2.05 bits per heavy atom. The number of hydrogen-bond donors (Lipinski definition) is 2. The Labute approximate surface area is 115 Å². The first-order chi connectivity index (χ1) is 9.40. The highest BCUT2D eigenvalue weighted by Gasteiger charge is 2.34. The number of benzene rings is 1. The number of nitrogens with one attached hydrogen (secondary N) is 1. The van der Waals surface area contributed by atoms with Crippen LogP contribution < -0.4 is 5.69 Å². The molecule has 5 nitrogen and oxygen atoms in total. The number of aromatic nitrogens is 2. The van der Waals surface area contributed by atoms with Gasteiger partial charge in [0.05, 0.1) is 5.69 Å². The number of nitrogens with zero attached hydrogens (tertiary/aromatic N) is 1. The van der Waals surface area contributed by atoms with Gasteiger partial charge in [-0.3, -0.25) is 4.98 Å². The SMILES string of the molecule is CC1(C)Cc2c(nc(=O)[nH]c2C(=O)O)-c2ccccc21. The second-order valence-electron chi connectivity index (χ2n) is 5.66. The van der Waals surface area contributed by atoms with Crippen LogP contribution in [0.25, 0.3) is 11.3 Å². The molecular weight excluding hydrogens is 256 g/mol. The van der Waals surface area contributed by atoms with E-state index in [9.17, 15) is 14.7 Å². The van der Waals surface area contributed by atoms with E-state index >= 15 is 0 Å². The van der Waals surface area contributed by atoms with E-state index in [4.69, 9.17) is 0 Å². The molecule has 20 heavy (non-hydrogen) atoms. The van der Waals surface area contributed by atoms with Crippen LogP contribution >= 0.6 is 0 Å². The fraction of sp³-hybridized carbons (Fsp3) is 0.267. The van der Waals surface area contributed by atoms with Gasteiger partial charge in [-0.05, 0) is 17.4 Å². The second-order valence-corrected chi connectivity index (χ2v) is 5.66. The van der Waals surface area contributed by atoms with Crippen LogP contribution in [0, 0.1) is 0 Å². The van der Waals surface area contributed by atoms with Crippen LogP contribution in [0.1, 0.15) is 35.5 Å². The molecule has 0 fully saturated rings. The monoisotopic (exact) mass is 270 g/mol. The molecule has 1 heterocycles. The smallest absolute Gasteiger partial charge is 0.352 e. The summed E-state index contributed by atoms with van der Waals surface area (Å²) in [5.74, 6) is -1.13. The number of hydrogen-bond acceptors (Lipinski definition) is 3. The lowest BCUT2D eigenvalue weighted by Crippen LogP contribution is -2.31. The van der Waals surface area contributed by atoms with Gasteiger partial charge in [0.2, 0.25) is 0 Å². The average molecular weight is 270 g/mol. The largest absolute Gasteiger partial charge is 0.477 e. The van der Waals surface area contributed by atoms with Crippen molar-refractivity contribution in [3.63, 3.8) is 0 Å². The van der Waals surface area contributed by atoms with Gasteiger partial charge in [-0.15, -0.1) is 0 Å². The summed E-state index contributed by atoms with van der Waals surface area (Å²) in [4.78, 5) is 29.3. The van der Waals surface area contributed by atoms with Crippen LogP contribution in [-0.4, -0.2) is 21.0 Å². The first-order valence-corrected chi connectivity index (χ1v) is 6.36. The van der Waals surface area contributed by atoms with Gasteiger partial charge in [0.15, 0.2) is 0 Å². The van der Waals surface area contributed by atoms with Gasteiger partial charge < -0.3 is 5.11 Å². The Hall–Kier alpha value is -2.43. The normalized spacial score (nSPS) is 15.3. The van der Waals surface area contributed by atoms with E-state index in [0.717, 1.165) is 11.1 Å². The molecule has 0 atom stereocenters. The van der Waals surface area contributed by atoms with Crippen LogP contribution in [0.4, 0.5) is 0 Å². The summed E-state index contributed by atoms with van der Waals surface area (Å²) in [6.45, 7) is 4.12. The lowest BCUT2D eigenvalue weighted by atomic mass is 9.71. The standard InChI is InChI=1S/C15H14N2O3/c1-15(2)7-9-11(8-5-3-4-6-10(8)15)16-14(20)17-12(9)13(18)19/h3-6H,7H2,1-2H3,(H,18,19)(H,16,17,20). The van der Waals surface area contributed by atoms with Crippen molar-refractivity contribution in [3.05, 3.63) is 51.6 Å². The molecule has 5 heteroatoms. The summed E-state index contributed by atoms with van der Waals surface area (Å²) < 4.78 is 0. The lowest BCUT2D eigenvalue weighted by Gasteiger charge is -2.33. The van der Waals surface area contributed by atoms with Crippen molar-refractivity contribution in [1.82, 2.24) is 9.97 Å². The van der Waals surface area contributed by atoms with E-state index in [2.05, 4.69) is 23.8 Å². The zero-order valence-electron chi connectivity index (χ0n) is 11.2. The molecule has 0 aliphatic heterocycles. The summed E-state index contributed by atoms with van der Waals surface area (Å²) in [5.41, 5.74) is 2.13. The fourth-order valence-corrected chi connectivity index (χ4v) is 2.89. The van der Waals surface area contributed by atoms with Gasteiger partial charge in [0, 0.05) is 11.1 Å². The van der Waals surface area contributed by atoms with Crippen LogP contribution in [-0.2, 0) is 11.8 Å². The van der Waals surface area contributed by atoms with Crippen molar-refractivity contribution in [3.8, 4) is 11.3 Å². The third-order valence-electron chi connectivity index (χ3n) is 3.78. The van der Waals surface area contributed by atoms with Crippen molar-refractivity contribution in [1.29, 1.82) is 0 Å². The number of aromatic amines is 1. The molecule has 2 N–H and O–H groups in total. The highest BCUT2D eigenvalue weighted by atomic mass is 16.4. The molecule has 0 bridgehead atoms. The molecule has 1 aromatic carbocycles. The van der Waals surface area contributed by atoms with Gasteiger partial charge in [0.1, 0.15) is 5.69 Å². The van der Waals surface area contributed by atoms with Crippen LogP contribution in [0.15, 0.2) is 29.1 Å². The van der Waals surface area contributed by atoms with E-state index in [1.165, 1.54) is 0 Å². The Balaban J connectivity index is 2.41. The first-order valence-electron chi connectivity index (χ1n) is 6.36. The second kappa shape index (κ2) is 4.03. The van der Waals surface area contributed by atoms with Crippen LogP contribution in [0.3, 0.4) is 0 Å². The highest BCUT2D eigenvalue weighted by Crippen LogP contribution is 2.42. The maximum atomic E-state index is 11.6. The molecule has 2 aromatic rings. The zero-order chi connectivity index (χ0) is 14.5. The van der Waals surface area contributed by atoms with Gasteiger partial charge in [0.25, 0.3) is 0 Å². The molecule has 0 amide bonds. The molecule has 0 saturated heterocycles. The average Bonchev–Trinajstić information content (AvgIpc) is 2.39. The molecule has 0 unspecified atom stereocenters. The van der Waals surface area contributed by atoms with E-state index < -0.39 is 11.7 Å². The third kappa shape index (κ3) is 1.74. The van der Waals surface area contributed by atoms with Crippen molar-refractivity contribution in [2.24, 2.45) is 0 Å². The van der Waals surface area contributed by atoms with Crippen LogP contribution in [0.2, 0.25) is 0 Å². The Bertz CT molecular complexity index is 775. The zero-order valence-corrected chi connectivity index (χ0v) is 11.2. The Morgan fingerprint density at radius 1 is 1.35 bits per heavy atom. The number of rotatable bonds is 1. The molecule has 0 spiro atoms. The number of carboxylic acids is 1. The number of carboxylic acid groups (broad SMARTS) is 1. The molecule has 1 aromatic heterocycles. The maximum absolute atomic E-state index is 11.6. The van der Waals surface area contributed by atoms with Gasteiger partial charge >= 0.3 is 11.7 Å². The molecular formula is C15H14N2O3. The van der Waals surface area contributed by atoms with Gasteiger partial charge in [-0.25, -0.2) is 9.59 Å². The minimum absolute atomic E-state index is 0.0532. The number of H-pyrrole nitrogens is 1. The predicted octanol–water partition coefficient (Wildman–Crippen LogP) is 1.97. The first kappa shape index (κ1) is 12.6. The summed E-state index contributed by atoms with van der Waals surface area (Å²) in [7, 11) is 0. The highest BCUT2D eigenvalue weighted by molar-refractivity contribution is 5.90.